The monoisotopic (exact) mass is 293 g/mol. The van der Waals surface area contributed by atoms with Crippen molar-refractivity contribution in [1.82, 2.24) is 4.98 Å². The van der Waals surface area contributed by atoms with E-state index in [0.29, 0.717) is 5.58 Å². The molecule has 0 aliphatic carbocycles. The summed E-state index contributed by atoms with van der Waals surface area (Å²) >= 11 is 13.8. The van der Waals surface area contributed by atoms with Crippen molar-refractivity contribution in [2.75, 3.05) is 0 Å². The van der Waals surface area contributed by atoms with Gasteiger partial charge < -0.3 is 4.42 Å². The third-order valence-electron chi connectivity index (χ3n) is 2.94. The molecule has 0 N–H and O–H groups in total. The highest BCUT2D eigenvalue weighted by atomic mass is 35.5. The maximum absolute atomic E-state index is 6.30. The number of rotatable bonds is 0. The summed E-state index contributed by atoms with van der Waals surface area (Å²) in [5.41, 5.74) is 1.46. The first-order chi connectivity index (χ1) is 8.74. The van der Waals surface area contributed by atoms with E-state index in [4.69, 9.17) is 27.6 Å². The van der Waals surface area contributed by atoms with Crippen LogP contribution in [0.5, 0.6) is 0 Å². The molecule has 0 radical (unpaired) electrons. The van der Waals surface area contributed by atoms with Gasteiger partial charge in [0.05, 0.1) is 5.02 Å². The molecule has 0 aliphatic heterocycles. The van der Waals surface area contributed by atoms with E-state index < -0.39 is 0 Å². The summed E-state index contributed by atoms with van der Waals surface area (Å²) in [6.45, 7) is 0. The van der Waals surface area contributed by atoms with Gasteiger partial charge in [0.25, 0.3) is 5.35 Å². The Kier molecular flexibility index (Phi) is 2.13. The van der Waals surface area contributed by atoms with E-state index >= 15 is 0 Å². The molecule has 88 valence electrons. The Morgan fingerprint density at radius 1 is 1.00 bits per heavy atom. The molecule has 0 atom stereocenters. The van der Waals surface area contributed by atoms with E-state index in [9.17, 15) is 0 Å². The van der Waals surface area contributed by atoms with Gasteiger partial charge in [-0.05, 0) is 35.9 Å². The zero-order chi connectivity index (χ0) is 12.3. The number of hydrogen-bond acceptors (Lipinski definition) is 3. The van der Waals surface area contributed by atoms with Gasteiger partial charge in [-0.25, -0.2) is 0 Å². The Bertz CT molecular complexity index is 909. The van der Waals surface area contributed by atoms with Gasteiger partial charge in [-0.1, -0.05) is 17.7 Å². The average Bonchev–Trinajstić information content (AvgIpc) is 2.88. The number of oxazole rings is 1. The number of benzene rings is 2. The molecule has 0 fully saturated rings. The summed E-state index contributed by atoms with van der Waals surface area (Å²) < 4.78 is 7.77. The highest BCUT2D eigenvalue weighted by Gasteiger charge is 2.15. The zero-order valence-corrected chi connectivity index (χ0v) is 11.2. The summed E-state index contributed by atoms with van der Waals surface area (Å²) in [5.74, 6) is 0. The van der Waals surface area contributed by atoms with Gasteiger partial charge in [0.2, 0.25) is 0 Å². The van der Waals surface area contributed by atoms with Crippen molar-refractivity contribution in [2.45, 2.75) is 0 Å². The SMILES string of the molecule is Clc1nc2ccc3sc4cccc(Cl)c4c3c2o1. The van der Waals surface area contributed by atoms with Crippen molar-refractivity contribution in [3.63, 3.8) is 0 Å². The molecule has 0 spiro atoms. The molecule has 0 unspecified atom stereocenters. The molecule has 2 heterocycles. The third kappa shape index (κ3) is 1.32. The molecular weight excluding hydrogens is 289 g/mol. The number of halogens is 2. The third-order valence-corrected chi connectivity index (χ3v) is 4.54. The number of hydrogen-bond donors (Lipinski definition) is 0. The Labute approximate surface area is 116 Å². The fourth-order valence-corrected chi connectivity index (χ4v) is 3.84. The first-order valence-corrected chi connectivity index (χ1v) is 6.87. The van der Waals surface area contributed by atoms with Crippen LogP contribution in [0.15, 0.2) is 34.7 Å². The van der Waals surface area contributed by atoms with Gasteiger partial charge in [-0.15, -0.1) is 11.3 Å². The van der Waals surface area contributed by atoms with E-state index in [-0.39, 0.29) is 5.35 Å². The predicted molar refractivity (Wildman–Crippen MR) is 76.9 cm³/mol. The van der Waals surface area contributed by atoms with Gasteiger partial charge >= 0.3 is 0 Å². The molecule has 2 nitrogen and oxygen atoms in total. The Balaban J connectivity index is 2.38. The fraction of sp³-hybridized carbons (Fsp3) is 0. The molecule has 2 aromatic heterocycles. The van der Waals surface area contributed by atoms with E-state index in [2.05, 4.69) is 11.1 Å². The number of aromatic nitrogens is 1. The minimum absolute atomic E-state index is 0.156. The van der Waals surface area contributed by atoms with Crippen LogP contribution in [0.4, 0.5) is 0 Å². The van der Waals surface area contributed by atoms with Crippen molar-refractivity contribution >= 4 is 65.8 Å². The molecule has 4 rings (SSSR count). The van der Waals surface area contributed by atoms with Gasteiger partial charge in [0, 0.05) is 20.2 Å². The van der Waals surface area contributed by atoms with E-state index in [0.717, 1.165) is 30.7 Å². The van der Waals surface area contributed by atoms with Crippen LogP contribution in [0, 0.1) is 0 Å². The summed E-state index contributed by atoms with van der Waals surface area (Å²) in [6, 6.07) is 9.82. The van der Waals surface area contributed by atoms with Crippen LogP contribution in [0.2, 0.25) is 10.4 Å². The van der Waals surface area contributed by atoms with Gasteiger partial charge in [-0.2, -0.15) is 4.98 Å². The van der Waals surface area contributed by atoms with E-state index in [1.165, 1.54) is 0 Å². The smallest absolute Gasteiger partial charge is 0.293 e. The lowest BCUT2D eigenvalue weighted by molar-refractivity contribution is 0.608. The summed E-state index contributed by atoms with van der Waals surface area (Å²) in [5, 5.41) is 2.89. The van der Waals surface area contributed by atoms with Crippen LogP contribution in [0.25, 0.3) is 31.3 Å². The summed E-state index contributed by atoms with van der Waals surface area (Å²) in [6.07, 6.45) is 0. The second kappa shape index (κ2) is 3.60. The lowest BCUT2D eigenvalue weighted by atomic mass is 10.1. The van der Waals surface area contributed by atoms with E-state index in [1.54, 1.807) is 11.3 Å². The number of thiophene rings is 1. The lowest BCUT2D eigenvalue weighted by Crippen LogP contribution is -1.71. The molecule has 0 aliphatic rings. The van der Waals surface area contributed by atoms with Crippen LogP contribution >= 0.6 is 34.5 Å². The molecule has 0 saturated carbocycles. The standard InChI is InChI=1S/C13H5Cl2NOS/c14-6-2-1-3-8-10(6)11-9(18-8)5-4-7-12(11)17-13(15)16-7/h1-5H. The number of nitrogens with zero attached hydrogens (tertiary/aromatic N) is 1. The Hall–Kier alpha value is -1.29. The van der Waals surface area contributed by atoms with E-state index in [1.807, 2.05) is 24.3 Å². The maximum Gasteiger partial charge on any atom is 0.293 e. The highest BCUT2D eigenvalue weighted by Crippen LogP contribution is 2.41. The van der Waals surface area contributed by atoms with Crippen molar-refractivity contribution in [3.05, 3.63) is 40.7 Å². The Morgan fingerprint density at radius 2 is 1.83 bits per heavy atom. The van der Waals surface area contributed by atoms with Crippen molar-refractivity contribution in [1.29, 1.82) is 0 Å². The Morgan fingerprint density at radius 3 is 2.72 bits per heavy atom. The molecule has 0 saturated heterocycles. The second-order valence-corrected chi connectivity index (χ2v) is 5.78. The second-order valence-electron chi connectivity index (χ2n) is 3.97. The quantitative estimate of drug-likeness (QED) is 0.428. The molecule has 18 heavy (non-hydrogen) atoms. The molecule has 0 amide bonds. The van der Waals surface area contributed by atoms with Crippen LogP contribution in [-0.2, 0) is 0 Å². The molecule has 2 aromatic carbocycles. The fourth-order valence-electron chi connectivity index (χ4n) is 2.22. The van der Waals surface area contributed by atoms with Crippen LogP contribution in [0.3, 0.4) is 0 Å². The van der Waals surface area contributed by atoms with Crippen LogP contribution < -0.4 is 0 Å². The lowest BCUT2D eigenvalue weighted by Gasteiger charge is -1.95. The molecule has 4 aromatic rings. The topological polar surface area (TPSA) is 26.0 Å². The normalized spacial score (nSPS) is 11.9. The first kappa shape index (κ1) is 10.6. The molecule has 0 bridgehead atoms. The minimum atomic E-state index is 0.156. The van der Waals surface area contributed by atoms with Crippen molar-refractivity contribution in [3.8, 4) is 0 Å². The van der Waals surface area contributed by atoms with Gasteiger partial charge in [-0.3, -0.25) is 0 Å². The predicted octanol–water partition coefficient (Wildman–Crippen LogP) is 5.50. The minimum Gasteiger partial charge on any atom is -0.427 e. The molecular formula is C13H5Cl2NOS. The average molecular weight is 294 g/mol. The highest BCUT2D eigenvalue weighted by molar-refractivity contribution is 7.26. The van der Waals surface area contributed by atoms with Crippen LogP contribution in [0.1, 0.15) is 0 Å². The number of fused-ring (bicyclic) bond motifs is 5. The van der Waals surface area contributed by atoms with Gasteiger partial charge in [0.1, 0.15) is 5.52 Å². The summed E-state index contributed by atoms with van der Waals surface area (Å²) in [4.78, 5) is 4.14. The maximum atomic E-state index is 6.30. The van der Waals surface area contributed by atoms with Gasteiger partial charge in [0.15, 0.2) is 5.58 Å². The zero-order valence-electron chi connectivity index (χ0n) is 8.91. The van der Waals surface area contributed by atoms with Crippen molar-refractivity contribution in [2.24, 2.45) is 0 Å². The summed E-state index contributed by atoms with van der Waals surface area (Å²) in [7, 11) is 0. The largest absolute Gasteiger partial charge is 0.427 e. The van der Waals surface area contributed by atoms with Crippen molar-refractivity contribution < 1.29 is 4.42 Å². The van der Waals surface area contributed by atoms with Crippen LogP contribution in [-0.4, -0.2) is 4.98 Å². The first-order valence-electron chi connectivity index (χ1n) is 5.30. The molecule has 5 heteroatoms.